The van der Waals surface area contributed by atoms with Gasteiger partial charge in [-0.3, -0.25) is 4.79 Å². The van der Waals surface area contributed by atoms with E-state index in [1.165, 1.54) is 30.5 Å². The number of anilines is 3. The van der Waals surface area contributed by atoms with Crippen LogP contribution in [0, 0.1) is 0 Å². The van der Waals surface area contributed by atoms with E-state index in [1.807, 2.05) is 4.72 Å². The second-order valence-corrected chi connectivity index (χ2v) is 6.93. The molecule has 0 fully saturated rings. The average molecular weight is 369 g/mol. The Morgan fingerprint density at radius 2 is 1.65 bits per heavy atom. The summed E-state index contributed by atoms with van der Waals surface area (Å²) in [5.74, 6) is -0.0902. The first kappa shape index (κ1) is 17.4. The molecule has 2 aromatic carbocycles. The molecule has 0 spiro atoms. The molecule has 132 valence electrons. The van der Waals surface area contributed by atoms with E-state index in [0.29, 0.717) is 11.5 Å². The lowest BCUT2D eigenvalue weighted by atomic mass is 10.2. The smallest absolute Gasteiger partial charge is 0.264 e. The van der Waals surface area contributed by atoms with Crippen LogP contribution in [0.4, 0.5) is 17.5 Å². The Morgan fingerprint density at radius 1 is 0.962 bits per heavy atom. The summed E-state index contributed by atoms with van der Waals surface area (Å²) in [6, 6.07) is 15.6. The lowest BCUT2D eigenvalue weighted by molar-refractivity contribution is 0.0981. The zero-order chi connectivity index (χ0) is 18.6. The number of rotatable bonds is 5. The number of nitrogens with one attached hydrogen (secondary N) is 2. The van der Waals surface area contributed by atoms with Crippen LogP contribution in [0.1, 0.15) is 10.4 Å². The third-order valence-corrected chi connectivity index (χ3v) is 4.72. The number of sulfonamides is 1. The van der Waals surface area contributed by atoms with Crippen LogP contribution in [0.2, 0.25) is 0 Å². The first-order valence-corrected chi connectivity index (χ1v) is 9.00. The molecule has 4 N–H and O–H groups in total. The molecule has 1 heterocycles. The van der Waals surface area contributed by atoms with Gasteiger partial charge in [0.2, 0.25) is 5.95 Å². The van der Waals surface area contributed by atoms with Gasteiger partial charge in [-0.25, -0.2) is 18.1 Å². The van der Waals surface area contributed by atoms with Gasteiger partial charge in [-0.15, -0.1) is 0 Å². The fraction of sp³-hybridized carbons (Fsp3) is 0. The van der Waals surface area contributed by atoms with Gasteiger partial charge in [0.1, 0.15) is 5.82 Å². The van der Waals surface area contributed by atoms with Gasteiger partial charge in [0.05, 0.1) is 4.90 Å². The van der Waals surface area contributed by atoms with Crippen molar-refractivity contribution in [3.05, 3.63) is 72.4 Å². The third-order valence-electron chi connectivity index (χ3n) is 3.37. The minimum Gasteiger partial charge on any atom is -0.368 e. The van der Waals surface area contributed by atoms with E-state index >= 15 is 0 Å². The molecule has 0 radical (unpaired) electrons. The summed E-state index contributed by atoms with van der Waals surface area (Å²) in [5, 5.41) is 2.98. The molecule has 0 aliphatic rings. The van der Waals surface area contributed by atoms with E-state index in [-0.39, 0.29) is 16.4 Å². The Kier molecular flexibility index (Phi) is 4.81. The van der Waals surface area contributed by atoms with Crippen LogP contribution in [0.3, 0.4) is 0 Å². The van der Waals surface area contributed by atoms with Crippen LogP contribution in [0.15, 0.2) is 71.8 Å². The van der Waals surface area contributed by atoms with Crippen molar-refractivity contribution in [2.75, 3.05) is 11.1 Å². The first-order valence-electron chi connectivity index (χ1n) is 7.52. The second kappa shape index (κ2) is 7.19. The summed E-state index contributed by atoms with van der Waals surface area (Å²) in [6.07, 6.45) is 1.50. The number of nitrogens with two attached hydrogens (primary N) is 1. The average Bonchev–Trinajstić information content (AvgIpc) is 2.62. The van der Waals surface area contributed by atoms with Crippen molar-refractivity contribution in [2.45, 2.75) is 4.90 Å². The highest BCUT2D eigenvalue weighted by Crippen LogP contribution is 2.18. The van der Waals surface area contributed by atoms with Gasteiger partial charge < -0.3 is 11.1 Å². The molecule has 0 bridgehead atoms. The second-order valence-electron chi connectivity index (χ2n) is 5.25. The molecule has 0 atom stereocenters. The van der Waals surface area contributed by atoms with Crippen molar-refractivity contribution in [3.8, 4) is 0 Å². The van der Waals surface area contributed by atoms with Gasteiger partial charge in [-0.2, -0.15) is 4.98 Å². The normalized spacial score (nSPS) is 10.9. The molecule has 3 aromatic rings. The van der Waals surface area contributed by atoms with E-state index in [4.69, 9.17) is 5.73 Å². The number of nitrogen functional groups attached to an aromatic ring is 1. The maximum atomic E-state index is 12.3. The van der Waals surface area contributed by atoms with Gasteiger partial charge in [0.25, 0.3) is 15.9 Å². The molecule has 0 aliphatic heterocycles. The monoisotopic (exact) mass is 369 g/mol. The van der Waals surface area contributed by atoms with Crippen molar-refractivity contribution in [1.29, 1.82) is 0 Å². The van der Waals surface area contributed by atoms with Gasteiger partial charge in [0, 0.05) is 17.4 Å². The summed E-state index contributed by atoms with van der Waals surface area (Å²) in [4.78, 5) is 19.8. The maximum absolute atomic E-state index is 12.3. The van der Waals surface area contributed by atoms with Crippen LogP contribution in [0.5, 0.6) is 0 Å². The predicted octanol–water partition coefficient (Wildman–Crippen LogP) is 1.92. The third kappa shape index (κ3) is 4.14. The molecule has 0 saturated heterocycles. The number of hydrogen-bond acceptors (Lipinski definition) is 7. The van der Waals surface area contributed by atoms with Crippen LogP contribution in [0.25, 0.3) is 0 Å². The van der Waals surface area contributed by atoms with E-state index in [0.717, 1.165) is 0 Å². The number of nitrogens with zero attached hydrogens (tertiary/aromatic N) is 2. The minimum atomic E-state index is -3.98. The number of carbonyl (C=O) groups excluding carboxylic acids is 1. The highest BCUT2D eigenvalue weighted by atomic mass is 32.2. The van der Waals surface area contributed by atoms with Gasteiger partial charge in [-0.1, -0.05) is 18.2 Å². The summed E-state index contributed by atoms with van der Waals surface area (Å²) < 4.78 is 26.7. The minimum absolute atomic E-state index is 0.0328. The van der Waals surface area contributed by atoms with Crippen LogP contribution in [-0.4, -0.2) is 24.3 Å². The van der Waals surface area contributed by atoms with Crippen molar-refractivity contribution in [2.24, 2.45) is 0 Å². The Morgan fingerprint density at radius 3 is 2.31 bits per heavy atom. The topological polar surface area (TPSA) is 127 Å². The molecule has 26 heavy (non-hydrogen) atoms. The largest absolute Gasteiger partial charge is 0.368 e. The van der Waals surface area contributed by atoms with E-state index in [2.05, 4.69) is 15.3 Å². The van der Waals surface area contributed by atoms with Gasteiger partial charge in [0.15, 0.2) is 0 Å². The van der Waals surface area contributed by atoms with E-state index < -0.39 is 15.9 Å². The lowest BCUT2D eigenvalue weighted by Crippen LogP contribution is -2.30. The Balaban J connectivity index is 1.73. The molecule has 9 heteroatoms. The van der Waals surface area contributed by atoms with Crippen molar-refractivity contribution in [1.82, 2.24) is 14.7 Å². The molecule has 0 unspecified atom stereocenters. The fourth-order valence-corrected chi connectivity index (χ4v) is 3.11. The molecule has 0 aliphatic carbocycles. The summed E-state index contributed by atoms with van der Waals surface area (Å²) in [6.45, 7) is 0. The first-order chi connectivity index (χ1) is 12.4. The predicted molar refractivity (Wildman–Crippen MR) is 97.3 cm³/mol. The molecule has 3 rings (SSSR count). The maximum Gasteiger partial charge on any atom is 0.264 e. The zero-order valence-electron chi connectivity index (χ0n) is 13.5. The summed E-state index contributed by atoms with van der Waals surface area (Å²) >= 11 is 0. The SMILES string of the molecule is Nc1nccc(Nc2ccc(S(=O)(=O)NC(=O)c3ccccc3)cc2)n1. The standard InChI is InChI=1S/C17H15N5O3S/c18-17-19-11-10-15(21-17)20-13-6-8-14(9-7-13)26(24,25)22-16(23)12-4-2-1-3-5-12/h1-11H,(H,22,23)(H3,18,19,20,21). The Bertz CT molecular complexity index is 1020. The highest BCUT2D eigenvalue weighted by molar-refractivity contribution is 7.90. The summed E-state index contributed by atoms with van der Waals surface area (Å²) in [7, 11) is -3.98. The van der Waals surface area contributed by atoms with Gasteiger partial charge >= 0.3 is 0 Å². The Labute approximate surface area is 150 Å². The lowest BCUT2D eigenvalue weighted by Gasteiger charge is -2.09. The highest BCUT2D eigenvalue weighted by Gasteiger charge is 2.18. The number of aromatic nitrogens is 2. The molecule has 8 nitrogen and oxygen atoms in total. The van der Waals surface area contributed by atoms with E-state index in [1.54, 1.807) is 36.4 Å². The zero-order valence-corrected chi connectivity index (χ0v) is 14.3. The number of carbonyl (C=O) groups is 1. The number of hydrogen-bond donors (Lipinski definition) is 3. The molecule has 1 amide bonds. The van der Waals surface area contributed by atoms with Crippen LogP contribution < -0.4 is 15.8 Å². The quantitative estimate of drug-likeness (QED) is 0.627. The number of amides is 1. The van der Waals surface area contributed by atoms with Crippen molar-refractivity contribution in [3.63, 3.8) is 0 Å². The Hall–Kier alpha value is -3.46. The van der Waals surface area contributed by atoms with Crippen LogP contribution >= 0.6 is 0 Å². The van der Waals surface area contributed by atoms with Crippen molar-refractivity contribution >= 4 is 33.4 Å². The molecule has 1 aromatic heterocycles. The van der Waals surface area contributed by atoms with Gasteiger partial charge in [-0.05, 0) is 42.5 Å². The molecular weight excluding hydrogens is 354 g/mol. The van der Waals surface area contributed by atoms with Crippen molar-refractivity contribution < 1.29 is 13.2 Å². The number of benzene rings is 2. The summed E-state index contributed by atoms with van der Waals surface area (Å²) in [5.41, 5.74) is 6.37. The van der Waals surface area contributed by atoms with Crippen LogP contribution in [-0.2, 0) is 10.0 Å². The molecular formula is C17H15N5O3S. The fourth-order valence-electron chi connectivity index (χ4n) is 2.14. The van der Waals surface area contributed by atoms with E-state index in [9.17, 15) is 13.2 Å². The molecule has 0 saturated carbocycles.